The monoisotopic (exact) mass is 741 g/mol. The lowest BCUT2D eigenvalue weighted by atomic mass is 10.1. The van der Waals surface area contributed by atoms with Gasteiger partial charge in [-0.25, -0.2) is 14.6 Å². The maximum Gasteiger partial charge on any atom is 0.343 e. The van der Waals surface area contributed by atoms with Gasteiger partial charge >= 0.3 is 11.9 Å². The Bertz CT molecular complexity index is 2290. The van der Waals surface area contributed by atoms with E-state index in [1.807, 2.05) is 48.5 Å². The van der Waals surface area contributed by atoms with E-state index in [-0.39, 0.29) is 11.5 Å². The van der Waals surface area contributed by atoms with E-state index in [9.17, 15) is 9.59 Å². The van der Waals surface area contributed by atoms with Crippen molar-refractivity contribution in [1.82, 2.24) is 0 Å². The third-order valence-electron chi connectivity index (χ3n) is 8.03. The number of hydrogen-bond acceptors (Lipinski definition) is 9. The molecule has 0 aliphatic heterocycles. The Morgan fingerprint density at radius 1 is 0.618 bits per heavy atom. The first-order valence-corrected chi connectivity index (χ1v) is 17.4. The van der Waals surface area contributed by atoms with Crippen molar-refractivity contribution in [3.8, 4) is 11.5 Å². The zero-order chi connectivity index (χ0) is 39.2. The van der Waals surface area contributed by atoms with Gasteiger partial charge in [-0.1, -0.05) is 55.1 Å². The first kappa shape index (κ1) is 39.4. The van der Waals surface area contributed by atoms with Crippen LogP contribution in [0.25, 0.3) is 21.5 Å². The summed E-state index contributed by atoms with van der Waals surface area (Å²) in [5, 5.41) is 3.62. The highest BCUT2D eigenvalue weighted by Crippen LogP contribution is 2.25. The normalized spacial score (nSPS) is 11.9. The molecule has 0 unspecified atom stereocenters. The number of rotatable bonds is 17. The highest BCUT2D eigenvalue weighted by Gasteiger charge is 2.11. The van der Waals surface area contributed by atoms with Crippen molar-refractivity contribution in [1.29, 1.82) is 0 Å². The molecule has 5 aromatic rings. The van der Waals surface area contributed by atoms with Crippen LogP contribution in [-0.2, 0) is 14.3 Å². The van der Waals surface area contributed by atoms with Gasteiger partial charge in [0.15, 0.2) is 5.96 Å². The number of amidine groups is 2. The Morgan fingerprint density at radius 2 is 1.09 bits per heavy atom. The van der Waals surface area contributed by atoms with Crippen LogP contribution in [0.5, 0.6) is 11.5 Å². The largest absolute Gasteiger partial charge is 0.423 e. The molecular formula is C42H43N7O6. The van der Waals surface area contributed by atoms with E-state index >= 15 is 0 Å². The van der Waals surface area contributed by atoms with E-state index in [2.05, 4.69) is 21.6 Å². The molecule has 0 saturated carbocycles. The quantitative estimate of drug-likeness (QED) is 0.0184. The molecule has 13 heteroatoms. The molecule has 0 bridgehead atoms. The van der Waals surface area contributed by atoms with Gasteiger partial charge < -0.3 is 41.9 Å². The number of guanidine groups is 1. The van der Waals surface area contributed by atoms with Crippen LogP contribution in [0.15, 0.2) is 136 Å². The summed E-state index contributed by atoms with van der Waals surface area (Å²) in [5.74, 6) is 0.564. The van der Waals surface area contributed by atoms with Crippen LogP contribution in [0.4, 0.5) is 5.69 Å². The van der Waals surface area contributed by atoms with Gasteiger partial charge in [0.05, 0.1) is 56.3 Å². The summed E-state index contributed by atoms with van der Waals surface area (Å²) in [5.41, 5.74) is 26.0. The lowest BCUT2D eigenvalue weighted by Crippen LogP contribution is -2.21. The van der Waals surface area contributed by atoms with E-state index < -0.39 is 11.9 Å². The molecule has 0 heterocycles. The van der Waals surface area contributed by atoms with Gasteiger partial charge in [-0.3, -0.25) is 9.98 Å². The SMILES string of the molecule is C=C(/C=C\C)C(=O)Oc1ccc2cc(C(N)=NCCOCCOCCN=C(N)c3ccc4cc(OC(=O)c5ccc(N=C(N)N)cc5)ccc4c3)ccc2c1. The smallest absolute Gasteiger partial charge is 0.343 e. The number of carbonyl (C=O) groups excluding carboxylic acids is 2. The van der Waals surface area contributed by atoms with Crippen molar-refractivity contribution < 1.29 is 28.5 Å². The highest BCUT2D eigenvalue weighted by atomic mass is 16.5. The van der Waals surface area contributed by atoms with Gasteiger partial charge in [0.2, 0.25) is 0 Å². The zero-order valence-electron chi connectivity index (χ0n) is 30.4. The molecule has 0 radical (unpaired) electrons. The van der Waals surface area contributed by atoms with Crippen molar-refractivity contribution in [2.75, 3.05) is 39.5 Å². The molecule has 0 atom stereocenters. The molecule has 0 aromatic heterocycles. The van der Waals surface area contributed by atoms with Crippen LogP contribution in [0.3, 0.4) is 0 Å². The van der Waals surface area contributed by atoms with E-state index in [4.69, 9.17) is 41.9 Å². The molecular weight excluding hydrogens is 699 g/mol. The molecule has 55 heavy (non-hydrogen) atoms. The second-order valence-electron chi connectivity index (χ2n) is 12.1. The molecule has 0 aliphatic carbocycles. The first-order chi connectivity index (χ1) is 26.6. The Morgan fingerprint density at radius 3 is 1.60 bits per heavy atom. The van der Waals surface area contributed by atoms with Crippen LogP contribution in [0.2, 0.25) is 0 Å². The summed E-state index contributed by atoms with van der Waals surface area (Å²) in [6.45, 7) is 7.85. The molecule has 5 rings (SSSR count). The fourth-order valence-corrected chi connectivity index (χ4v) is 5.29. The number of carbonyl (C=O) groups is 2. The summed E-state index contributed by atoms with van der Waals surface area (Å²) in [4.78, 5) is 37.6. The third kappa shape index (κ3) is 11.6. The number of fused-ring (bicyclic) bond motifs is 2. The van der Waals surface area contributed by atoms with Gasteiger partial charge in [-0.05, 0) is 89.1 Å². The second kappa shape index (κ2) is 19.3. The van der Waals surface area contributed by atoms with Crippen molar-refractivity contribution in [2.45, 2.75) is 6.92 Å². The highest BCUT2D eigenvalue weighted by molar-refractivity contribution is 6.02. The minimum Gasteiger partial charge on any atom is -0.423 e. The van der Waals surface area contributed by atoms with Crippen LogP contribution in [0.1, 0.15) is 28.4 Å². The summed E-state index contributed by atoms with van der Waals surface area (Å²) >= 11 is 0. The van der Waals surface area contributed by atoms with E-state index in [0.717, 1.165) is 32.7 Å². The summed E-state index contributed by atoms with van der Waals surface area (Å²) in [7, 11) is 0. The van der Waals surface area contributed by atoms with Crippen molar-refractivity contribution in [2.24, 2.45) is 37.9 Å². The zero-order valence-corrected chi connectivity index (χ0v) is 30.4. The Kier molecular flexibility index (Phi) is 13.8. The Balaban J connectivity index is 0.993. The summed E-state index contributed by atoms with van der Waals surface area (Å²) < 4.78 is 22.2. The lowest BCUT2D eigenvalue weighted by Gasteiger charge is -2.08. The van der Waals surface area contributed by atoms with Gasteiger partial charge in [-0.2, -0.15) is 0 Å². The van der Waals surface area contributed by atoms with Crippen LogP contribution in [-0.4, -0.2) is 69.1 Å². The molecule has 13 nitrogen and oxygen atoms in total. The molecule has 5 aromatic carbocycles. The predicted molar refractivity (Wildman–Crippen MR) is 217 cm³/mol. The van der Waals surface area contributed by atoms with Crippen LogP contribution >= 0.6 is 0 Å². The van der Waals surface area contributed by atoms with E-state index in [1.165, 1.54) is 0 Å². The van der Waals surface area contributed by atoms with Crippen LogP contribution in [0, 0.1) is 0 Å². The summed E-state index contributed by atoms with van der Waals surface area (Å²) in [6.07, 6.45) is 3.33. The fourth-order valence-electron chi connectivity index (χ4n) is 5.29. The predicted octanol–water partition coefficient (Wildman–Crippen LogP) is 5.30. The topological polar surface area (TPSA) is 212 Å². The van der Waals surface area contributed by atoms with E-state index in [1.54, 1.807) is 67.6 Å². The minimum atomic E-state index is -0.502. The van der Waals surface area contributed by atoms with Crippen LogP contribution < -0.4 is 32.4 Å². The first-order valence-electron chi connectivity index (χ1n) is 17.4. The summed E-state index contributed by atoms with van der Waals surface area (Å²) in [6, 6.07) is 28.5. The molecule has 0 spiro atoms. The number of allylic oxidation sites excluding steroid dienone is 1. The molecule has 0 fully saturated rings. The third-order valence-corrected chi connectivity index (χ3v) is 8.03. The number of ether oxygens (including phenoxy) is 4. The second-order valence-corrected chi connectivity index (χ2v) is 12.1. The number of esters is 2. The molecule has 0 aliphatic rings. The van der Waals surface area contributed by atoms with Gasteiger partial charge in [0.25, 0.3) is 0 Å². The standard InChI is InChI=1S/C42H43N7O6/c1-3-4-27(2)40(50)54-36-15-11-29-23-33(7-5-31(29)25-36)38(43)47-17-19-52-21-22-53-20-18-48-39(44)34-8-6-32-26-37(16-12-30(32)24-34)55-41(51)28-9-13-35(14-10-28)49-42(45)46/h3-16,23-26H,2,17-22H2,1H3,(H2,43,47)(H2,44,48)(H4,45,46,49)/b4-3-. The lowest BCUT2D eigenvalue weighted by molar-refractivity contribution is -0.129. The maximum absolute atomic E-state index is 12.6. The Hall–Kier alpha value is -6.83. The number of aliphatic imine (C=N–C) groups is 3. The van der Waals surface area contributed by atoms with E-state index in [0.29, 0.717) is 73.9 Å². The maximum atomic E-state index is 12.6. The number of nitrogens with two attached hydrogens (primary N) is 4. The number of nitrogens with zero attached hydrogens (tertiary/aromatic N) is 3. The van der Waals surface area contributed by atoms with Gasteiger partial charge in [0.1, 0.15) is 23.2 Å². The fraction of sp³-hybridized carbons (Fsp3) is 0.167. The molecule has 8 N–H and O–H groups in total. The molecule has 0 saturated heterocycles. The minimum absolute atomic E-state index is 0.0655. The van der Waals surface area contributed by atoms with Crippen molar-refractivity contribution in [3.63, 3.8) is 0 Å². The van der Waals surface area contributed by atoms with Crippen molar-refractivity contribution in [3.05, 3.63) is 138 Å². The number of hydrogen-bond donors (Lipinski definition) is 4. The average molecular weight is 742 g/mol. The number of benzene rings is 5. The molecule has 282 valence electrons. The molecule has 0 amide bonds. The Labute approximate surface area is 318 Å². The van der Waals surface area contributed by atoms with Gasteiger partial charge in [-0.15, -0.1) is 0 Å². The van der Waals surface area contributed by atoms with Gasteiger partial charge in [0, 0.05) is 11.1 Å². The van der Waals surface area contributed by atoms with Crippen molar-refractivity contribution >= 4 is 56.8 Å². The average Bonchev–Trinajstić information content (AvgIpc) is 3.18.